The fraction of sp³-hybridized carbons (Fsp3) is 0.667. The van der Waals surface area contributed by atoms with E-state index >= 15 is 9.59 Å². The second kappa shape index (κ2) is 36.0. The predicted octanol–water partition coefficient (Wildman–Crippen LogP) is 24.2. The van der Waals surface area contributed by atoms with Crippen LogP contribution in [0.25, 0.3) is 41.3 Å². The first-order valence-electron chi connectivity index (χ1n) is 33.6. The third-order valence-electron chi connectivity index (χ3n) is 17.9. The zero-order chi connectivity index (χ0) is 56.3. The van der Waals surface area contributed by atoms with Gasteiger partial charge in [-0.15, -0.1) is 45.3 Å². The Morgan fingerprint density at radius 3 is 1.25 bits per heavy atom. The number of aryl methyl sites for hydroxylation is 2. The summed E-state index contributed by atoms with van der Waals surface area (Å²) in [7, 11) is 0. The first kappa shape index (κ1) is 64.5. The molecule has 0 N–H and O–H groups in total. The van der Waals surface area contributed by atoms with E-state index < -0.39 is 0 Å². The lowest BCUT2D eigenvalue weighted by atomic mass is 9.93. The van der Waals surface area contributed by atoms with Crippen molar-refractivity contribution in [3.05, 3.63) is 79.2 Å². The van der Waals surface area contributed by atoms with Crippen molar-refractivity contribution in [3.63, 3.8) is 0 Å². The second-order valence-electron chi connectivity index (χ2n) is 24.5. The Bertz CT molecular complexity index is 2570. The summed E-state index contributed by atoms with van der Waals surface area (Å²) in [5.74, 6) is 0.914. The molecule has 2 atom stereocenters. The Labute approximate surface area is 504 Å². The molecular formula is C72H108N2O2S4. The zero-order valence-corrected chi connectivity index (χ0v) is 54.7. The van der Waals surface area contributed by atoms with Crippen LogP contribution >= 0.6 is 45.3 Å². The van der Waals surface area contributed by atoms with E-state index in [0.29, 0.717) is 36.1 Å². The van der Waals surface area contributed by atoms with Gasteiger partial charge < -0.3 is 9.80 Å². The Morgan fingerprint density at radius 2 is 0.787 bits per heavy atom. The molecule has 0 bridgehead atoms. The van der Waals surface area contributed by atoms with Gasteiger partial charge in [-0.05, 0) is 126 Å². The van der Waals surface area contributed by atoms with Crippen molar-refractivity contribution in [1.29, 1.82) is 0 Å². The highest BCUT2D eigenvalue weighted by molar-refractivity contribution is 7.26. The van der Waals surface area contributed by atoms with E-state index in [1.165, 1.54) is 235 Å². The van der Waals surface area contributed by atoms with E-state index in [2.05, 4.69) is 98.5 Å². The number of benzene rings is 1. The van der Waals surface area contributed by atoms with Crippen LogP contribution in [0.5, 0.6) is 0 Å². The average molecular weight is 1160 g/mol. The molecule has 1 aromatic carbocycles. The number of unbranched alkanes of at least 4 members (excludes halogenated alkanes) is 26. The lowest BCUT2D eigenvalue weighted by Crippen LogP contribution is -2.34. The highest BCUT2D eigenvalue weighted by Crippen LogP contribution is 2.52. The molecule has 2 aliphatic rings. The Kier molecular flexibility index (Phi) is 29.0. The van der Waals surface area contributed by atoms with Gasteiger partial charge in [0.2, 0.25) is 0 Å². The van der Waals surface area contributed by atoms with Crippen LogP contribution in [0, 0.1) is 11.8 Å². The molecule has 4 nitrogen and oxygen atoms in total. The lowest BCUT2D eigenvalue weighted by Gasteiger charge is -2.29. The molecule has 0 aliphatic carbocycles. The van der Waals surface area contributed by atoms with Crippen molar-refractivity contribution in [2.45, 2.75) is 286 Å². The van der Waals surface area contributed by atoms with E-state index in [1.54, 1.807) is 22.5 Å². The van der Waals surface area contributed by atoms with Crippen LogP contribution in [0.15, 0.2) is 58.3 Å². The minimum absolute atomic E-state index is 0.0572. The Hall–Kier alpha value is -3.04. The molecule has 2 aliphatic heterocycles. The molecule has 2 amide bonds. The lowest BCUT2D eigenvalue weighted by molar-refractivity contribution is -0.124. The smallest absolute Gasteiger partial charge is 0.261 e. The van der Waals surface area contributed by atoms with Crippen LogP contribution in [0.1, 0.15) is 294 Å². The van der Waals surface area contributed by atoms with Crippen LogP contribution in [0.2, 0.25) is 0 Å². The fourth-order valence-corrected chi connectivity index (χ4v) is 17.4. The van der Waals surface area contributed by atoms with Crippen LogP contribution in [-0.4, -0.2) is 34.7 Å². The molecule has 0 saturated carbocycles. The minimum Gasteiger partial charge on any atom is -0.306 e. The topological polar surface area (TPSA) is 40.6 Å². The molecular weight excluding hydrogens is 1050 g/mol. The quantitative estimate of drug-likeness (QED) is 0.0365. The maximum Gasteiger partial charge on any atom is 0.261 e. The summed E-state index contributed by atoms with van der Waals surface area (Å²) in [4.78, 5) is 40.8. The number of hydrogen-bond donors (Lipinski definition) is 0. The van der Waals surface area contributed by atoms with Crippen LogP contribution < -0.4 is 0 Å². The number of carbonyl (C=O) groups is 2. The van der Waals surface area contributed by atoms with Crippen molar-refractivity contribution in [2.75, 3.05) is 13.1 Å². The number of nitrogens with zero attached hydrogens (tertiary/aromatic N) is 2. The third-order valence-corrected chi connectivity index (χ3v) is 22.3. The van der Waals surface area contributed by atoms with E-state index in [1.807, 2.05) is 34.0 Å². The van der Waals surface area contributed by atoms with Crippen LogP contribution in [0.3, 0.4) is 0 Å². The molecule has 6 heterocycles. The van der Waals surface area contributed by atoms with E-state index in [0.717, 1.165) is 59.7 Å². The van der Waals surface area contributed by atoms with Gasteiger partial charge in [-0.25, -0.2) is 0 Å². The fourth-order valence-electron chi connectivity index (χ4n) is 13.2. The number of rotatable bonds is 45. The maximum atomic E-state index is 15.9. The summed E-state index contributed by atoms with van der Waals surface area (Å²) in [6, 6.07) is 13.9. The van der Waals surface area contributed by atoms with Crippen molar-refractivity contribution >= 4 is 88.7 Å². The minimum atomic E-state index is 0.0572. The number of carbonyl (C=O) groups excluding carboxylic acids is 2. The largest absolute Gasteiger partial charge is 0.306 e. The van der Waals surface area contributed by atoms with Crippen molar-refractivity contribution in [3.8, 4) is 9.75 Å². The van der Waals surface area contributed by atoms with E-state index in [-0.39, 0.29) is 11.8 Å². The second-order valence-corrected chi connectivity index (χ2v) is 28.5. The summed E-state index contributed by atoms with van der Waals surface area (Å²) in [6.07, 6.45) is 47.7. The van der Waals surface area contributed by atoms with Gasteiger partial charge in [0, 0.05) is 32.2 Å². The predicted molar refractivity (Wildman–Crippen MR) is 357 cm³/mol. The van der Waals surface area contributed by atoms with Crippen molar-refractivity contribution < 1.29 is 9.59 Å². The normalized spacial score (nSPS) is 14.7. The molecule has 2 unspecified atom stereocenters. The molecule has 7 rings (SSSR count). The summed E-state index contributed by atoms with van der Waals surface area (Å²) in [5, 5.41) is 7.46. The monoisotopic (exact) mass is 1160 g/mol. The first-order valence-corrected chi connectivity index (χ1v) is 37.0. The summed E-state index contributed by atoms with van der Waals surface area (Å²) in [5.41, 5.74) is 6.27. The SMILES string of the molecule is CCCCCCCCc1c2cc(-c3ccc(C4=C5C(=O)N(CC(CCCCCC)CCCCCCCC)C(c6cccs6)=C5C(=O)N4CC(CCCCCC)CCCCCCCC)s3)sc2c(CCCCCCCC)c2ccsc12. The van der Waals surface area contributed by atoms with Gasteiger partial charge in [0.15, 0.2) is 0 Å². The molecule has 4 aromatic heterocycles. The number of amides is 2. The highest BCUT2D eigenvalue weighted by Gasteiger charge is 2.50. The van der Waals surface area contributed by atoms with Crippen LogP contribution in [0.4, 0.5) is 0 Å². The average Bonchev–Trinajstić information content (AvgIpc) is 4.48. The van der Waals surface area contributed by atoms with Gasteiger partial charge in [-0.1, -0.05) is 240 Å². The Balaban J connectivity index is 1.30. The maximum absolute atomic E-state index is 15.9. The molecule has 8 heteroatoms. The van der Waals surface area contributed by atoms with E-state index in [9.17, 15) is 0 Å². The van der Waals surface area contributed by atoms with Gasteiger partial charge in [0.1, 0.15) is 0 Å². The molecule has 0 fully saturated rings. The highest BCUT2D eigenvalue weighted by atomic mass is 32.1. The standard InChI is InChI=1S/C72H108N2O2S4/c1-7-13-19-25-29-35-42-55(40-33-23-17-11-5)53-73-67(62-46-39-50-77-62)65-66(72(73)76)68(74(71(65)75)54-56(41-34-24-18-12-6)43-36-30-26-20-14-8-2)63-48-47-61(79-63)64-52-60-58(45-38-32-28-22-16-10-4)69-59(49-51-78-69)57(70(60)80-64)44-37-31-27-21-15-9-3/h39,46-52,55-56H,7-38,40-45,53-54H2,1-6H3. The molecule has 80 heavy (non-hydrogen) atoms. The summed E-state index contributed by atoms with van der Waals surface area (Å²) >= 11 is 7.49. The molecule has 442 valence electrons. The van der Waals surface area contributed by atoms with Crippen molar-refractivity contribution in [2.24, 2.45) is 11.8 Å². The third kappa shape index (κ3) is 18.0. The van der Waals surface area contributed by atoms with Gasteiger partial charge in [-0.3, -0.25) is 9.59 Å². The number of hydrogen-bond acceptors (Lipinski definition) is 6. The van der Waals surface area contributed by atoms with Gasteiger partial charge in [0.05, 0.1) is 32.3 Å². The van der Waals surface area contributed by atoms with Gasteiger partial charge >= 0.3 is 0 Å². The molecule has 0 radical (unpaired) electrons. The van der Waals surface area contributed by atoms with Crippen molar-refractivity contribution in [1.82, 2.24) is 9.80 Å². The van der Waals surface area contributed by atoms with Gasteiger partial charge in [-0.2, -0.15) is 0 Å². The zero-order valence-electron chi connectivity index (χ0n) is 51.4. The number of thiophene rings is 4. The summed E-state index contributed by atoms with van der Waals surface area (Å²) < 4.78 is 3.01. The molecule has 0 saturated heterocycles. The molecule has 5 aromatic rings. The van der Waals surface area contributed by atoms with E-state index in [4.69, 9.17) is 0 Å². The van der Waals surface area contributed by atoms with Crippen LogP contribution in [-0.2, 0) is 22.4 Å². The first-order chi connectivity index (χ1) is 39.4. The Morgan fingerprint density at radius 1 is 0.375 bits per heavy atom. The number of fused-ring (bicyclic) bond motifs is 3. The summed E-state index contributed by atoms with van der Waals surface area (Å²) in [6.45, 7) is 15.2. The molecule has 0 spiro atoms. The van der Waals surface area contributed by atoms with Gasteiger partial charge in [0.25, 0.3) is 11.8 Å².